The molecule has 4 amide bonds. The zero-order chi connectivity index (χ0) is 48.0. The normalized spacial score (nSPS) is 20.3. The number of carbonyl (C=O) groups excluding carboxylic acids is 4. The van der Waals surface area contributed by atoms with E-state index in [1.54, 1.807) is 53.8 Å². The summed E-state index contributed by atoms with van der Waals surface area (Å²) in [6.07, 6.45) is -0.0453. The zero-order valence-electron chi connectivity index (χ0n) is 39.1. The Balaban J connectivity index is 0.897. The third kappa shape index (κ3) is 12.1. The van der Waals surface area contributed by atoms with Crippen molar-refractivity contribution < 1.29 is 33.8 Å². The molecule has 0 bridgehead atoms. The Bertz CT molecular complexity index is 2390. The second-order valence-corrected chi connectivity index (χ2v) is 21.1. The van der Waals surface area contributed by atoms with E-state index in [-0.39, 0.29) is 66.8 Å². The fourth-order valence-electron chi connectivity index (χ4n) is 9.32. The van der Waals surface area contributed by atoms with Gasteiger partial charge in [0.2, 0.25) is 17.7 Å². The lowest BCUT2D eigenvalue weighted by Gasteiger charge is -2.63. The van der Waals surface area contributed by atoms with Crippen LogP contribution in [-0.2, 0) is 20.9 Å². The van der Waals surface area contributed by atoms with Gasteiger partial charge in [0, 0.05) is 65.5 Å². The number of hydrogen-bond donors (Lipinski definition) is 5. The predicted molar refractivity (Wildman–Crippen MR) is 257 cm³/mol. The van der Waals surface area contributed by atoms with E-state index < -0.39 is 23.0 Å². The van der Waals surface area contributed by atoms with E-state index in [4.69, 9.17) is 21.1 Å². The van der Waals surface area contributed by atoms with E-state index in [1.165, 1.54) is 10.4 Å². The molecule has 2 aliphatic rings. The predicted octanol–water partition coefficient (Wildman–Crippen LogP) is 7.42. The first-order valence-electron chi connectivity index (χ1n) is 22.5. The lowest BCUT2D eigenvalue weighted by Crippen LogP contribution is -2.74. The van der Waals surface area contributed by atoms with Crippen molar-refractivity contribution in [3.63, 3.8) is 0 Å². The molecule has 5 N–H and O–H groups in total. The molecule has 6 rings (SSSR count). The fourth-order valence-corrected chi connectivity index (χ4v) is 10.5. The van der Waals surface area contributed by atoms with E-state index in [0.717, 1.165) is 11.1 Å². The van der Waals surface area contributed by atoms with E-state index in [9.17, 15) is 29.5 Å². The minimum atomic E-state index is -0.669. The number of carbonyl (C=O) groups is 4. The average Bonchev–Trinajstić information content (AvgIpc) is 3.88. The molecule has 0 unspecified atom stereocenters. The van der Waals surface area contributed by atoms with Gasteiger partial charge in [-0.05, 0) is 89.7 Å². The Morgan fingerprint density at radius 3 is 2.26 bits per heavy atom. The molecule has 1 aliphatic carbocycles. The van der Waals surface area contributed by atoms with E-state index in [2.05, 4.69) is 57.8 Å². The third-order valence-corrected chi connectivity index (χ3v) is 14.2. The number of nitriles is 1. The Labute approximate surface area is 397 Å². The Morgan fingerprint density at radius 1 is 0.955 bits per heavy atom. The average molecular weight is 940 g/mol. The topological polar surface area (TPSA) is 182 Å². The SMILES string of the molecule is Cc1ccsc1-c1ccc(CNC(=O)[C@@H]2C[C@@H](O)CN2C[C@@H](NC(=O)CNC(=O)CCCOc2ccc(C(=O)NC3C(C)(C)C(Oc4ccc(C#N)c(Cl)c4)C3(C)C)cc2)C(C)(C)C)cc1. The molecule has 13 nitrogen and oxygen atoms in total. The van der Waals surface area contributed by atoms with Crippen LogP contribution in [0, 0.1) is 34.5 Å². The van der Waals surface area contributed by atoms with Crippen LogP contribution in [0.3, 0.4) is 0 Å². The minimum Gasteiger partial charge on any atom is -0.494 e. The molecule has 1 saturated heterocycles. The van der Waals surface area contributed by atoms with Gasteiger partial charge in [0.1, 0.15) is 23.7 Å². The van der Waals surface area contributed by atoms with Gasteiger partial charge in [0.25, 0.3) is 5.91 Å². The molecule has 1 aromatic heterocycles. The number of rotatable bonds is 18. The van der Waals surface area contributed by atoms with Crippen LogP contribution in [0.5, 0.6) is 11.5 Å². The van der Waals surface area contributed by atoms with E-state index in [0.29, 0.717) is 60.1 Å². The van der Waals surface area contributed by atoms with Crippen LogP contribution in [0.25, 0.3) is 10.4 Å². The van der Waals surface area contributed by atoms with Gasteiger partial charge in [0.15, 0.2) is 0 Å². The molecule has 2 fully saturated rings. The molecule has 4 aromatic rings. The van der Waals surface area contributed by atoms with Crippen LogP contribution in [0.15, 0.2) is 78.2 Å². The molecule has 3 aromatic carbocycles. The molecule has 15 heteroatoms. The first-order chi connectivity index (χ1) is 31.2. The summed E-state index contributed by atoms with van der Waals surface area (Å²) in [6, 6.07) is 23.0. The number of amides is 4. The van der Waals surface area contributed by atoms with Crippen LogP contribution in [0.4, 0.5) is 0 Å². The van der Waals surface area contributed by atoms with Crippen LogP contribution < -0.4 is 30.7 Å². The number of β-amino-alcohol motifs (C(OH)–C–C–N with tert-alkyl or cyclic N) is 1. The molecule has 1 saturated carbocycles. The second-order valence-electron chi connectivity index (χ2n) is 19.7. The highest BCUT2D eigenvalue weighted by Gasteiger charge is 2.64. The van der Waals surface area contributed by atoms with Crippen LogP contribution >= 0.6 is 22.9 Å². The van der Waals surface area contributed by atoms with Gasteiger partial charge in [-0.1, -0.05) is 84.3 Å². The number of nitrogens with zero attached hydrogens (tertiary/aromatic N) is 2. The van der Waals surface area contributed by atoms with Gasteiger partial charge >= 0.3 is 0 Å². The molecule has 1 aliphatic heterocycles. The maximum Gasteiger partial charge on any atom is 0.251 e. The highest BCUT2D eigenvalue weighted by molar-refractivity contribution is 7.13. The lowest BCUT2D eigenvalue weighted by molar-refractivity contribution is -0.164. The largest absolute Gasteiger partial charge is 0.494 e. The number of benzene rings is 3. The van der Waals surface area contributed by atoms with Gasteiger partial charge in [0.05, 0.1) is 35.9 Å². The van der Waals surface area contributed by atoms with Gasteiger partial charge in [-0.15, -0.1) is 11.3 Å². The fraction of sp³-hybridized carbons (Fsp3) is 0.471. The van der Waals surface area contributed by atoms with Crippen molar-refractivity contribution in [1.82, 2.24) is 26.2 Å². The first-order valence-corrected chi connectivity index (χ1v) is 23.7. The van der Waals surface area contributed by atoms with Gasteiger partial charge < -0.3 is 35.8 Å². The third-order valence-electron chi connectivity index (χ3n) is 12.8. The lowest BCUT2D eigenvalue weighted by atomic mass is 9.49. The molecule has 352 valence electrons. The summed E-state index contributed by atoms with van der Waals surface area (Å²) >= 11 is 7.93. The van der Waals surface area contributed by atoms with E-state index in [1.807, 2.05) is 65.5 Å². The maximum absolute atomic E-state index is 13.4. The summed E-state index contributed by atoms with van der Waals surface area (Å²) in [5.41, 5.74) is 3.00. The molecular formula is C51H63ClN6O7S. The number of thiophene rings is 1. The number of hydrogen-bond acceptors (Lipinski definition) is 10. The number of halogens is 1. The van der Waals surface area contributed by atoms with Gasteiger partial charge in [-0.25, -0.2) is 0 Å². The number of aliphatic hydroxyl groups is 1. The smallest absolute Gasteiger partial charge is 0.251 e. The number of aliphatic hydroxyl groups excluding tert-OH is 1. The summed E-state index contributed by atoms with van der Waals surface area (Å²) in [5, 5.41) is 34.2. The maximum atomic E-state index is 13.4. The summed E-state index contributed by atoms with van der Waals surface area (Å²) in [7, 11) is 0. The van der Waals surface area contributed by atoms with Gasteiger partial charge in [-0.2, -0.15) is 5.26 Å². The minimum absolute atomic E-state index is 0.146. The Kier molecular flexibility index (Phi) is 15.9. The van der Waals surface area contributed by atoms with Crippen molar-refractivity contribution in [2.45, 2.75) is 112 Å². The highest BCUT2D eigenvalue weighted by Crippen LogP contribution is 2.55. The summed E-state index contributed by atoms with van der Waals surface area (Å²) < 4.78 is 12.2. The van der Waals surface area contributed by atoms with Crippen molar-refractivity contribution in [3.05, 3.63) is 105 Å². The van der Waals surface area contributed by atoms with E-state index >= 15 is 0 Å². The van der Waals surface area contributed by atoms with Crippen molar-refractivity contribution in [2.75, 3.05) is 26.2 Å². The molecule has 3 atom stereocenters. The second kappa shape index (κ2) is 21.0. The number of aryl methyl sites for hydroxylation is 1. The molecular weight excluding hydrogens is 876 g/mol. The summed E-state index contributed by atoms with van der Waals surface area (Å²) in [4.78, 5) is 55.8. The van der Waals surface area contributed by atoms with Crippen LogP contribution in [0.1, 0.15) is 94.8 Å². The molecule has 0 radical (unpaired) electrons. The van der Waals surface area contributed by atoms with Crippen LogP contribution in [0.2, 0.25) is 5.02 Å². The van der Waals surface area contributed by atoms with Gasteiger partial charge in [-0.3, -0.25) is 24.1 Å². The van der Waals surface area contributed by atoms with Crippen molar-refractivity contribution in [3.8, 4) is 28.0 Å². The zero-order valence-corrected chi connectivity index (χ0v) is 40.7. The molecule has 66 heavy (non-hydrogen) atoms. The Hall–Kier alpha value is -5.46. The summed E-state index contributed by atoms with van der Waals surface area (Å²) in [5.74, 6) is 0.0801. The van der Waals surface area contributed by atoms with Crippen molar-refractivity contribution in [1.29, 1.82) is 5.26 Å². The monoisotopic (exact) mass is 938 g/mol. The number of ether oxygens (including phenoxy) is 2. The summed E-state index contributed by atoms with van der Waals surface area (Å²) in [6.45, 7) is 17.4. The molecule has 0 spiro atoms. The Morgan fingerprint density at radius 2 is 1.64 bits per heavy atom. The number of likely N-dealkylation sites (tertiary alicyclic amines) is 1. The number of nitrogens with one attached hydrogen (secondary N) is 4. The van der Waals surface area contributed by atoms with Crippen LogP contribution in [-0.4, -0.2) is 90.2 Å². The quantitative estimate of drug-likeness (QED) is 0.0635. The van der Waals surface area contributed by atoms with Crippen molar-refractivity contribution in [2.24, 2.45) is 16.2 Å². The standard InChI is InChI=1S/C51H63ClN6O7S/c1-31-21-23-66-44(31)33-13-11-32(12-14-33)27-55-46(63)40-24-36(59)29-58(40)30-41(49(2,3)4)56-43(61)28-54-42(60)10-9-22-64-37-18-15-34(16-19-37)45(62)57-47-50(5,6)48(51(47,7)8)65-38-20-17-35(26-53)39(52)25-38/h11-21,23,25,36,40-41,47-48,59H,9-10,22,24,27-30H2,1-8H3,(H,54,60)(H,55,63)(H,56,61)(H,57,62)/t36-,40+,41-,47?,48?/m1/s1. The van der Waals surface area contributed by atoms with Crippen molar-refractivity contribution >= 4 is 46.6 Å². The first kappa shape index (κ1) is 50.0. The molecule has 2 heterocycles. The highest BCUT2D eigenvalue weighted by atomic mass is 35.5.